The molecule has 25 heavy (non-hydrogen) atoms. The molecule has 0 radical (unpaired) electrons. The number of alkyl halides is 1. The molecule has 2 atom stereocenters. The predicted octanol–water partition coefficient (Wildman–Crippen LogP) is 4.89. The van der Waals surface area contributed by atoms with E-state index in [9.17, 15) is 0 Å². The van der Waals surface area contributed by atoms with E-state index in [-0.39, 0.29) is 12.2 Å². The van der Waals surface area contributed by atoms with Crippen LogP contribution in [0.3, 0.4) is 0 Å². The van der Waals surface area contributed by atoms with Crippen LogP contribution >= 0.6 is 22.6 Å². The first kappa shape index (κ1) is 20.7. The van der Waals surface area contributed by atoms with Gasteiger partial charge < -0.3 is 18.9 Å². The summed E-state index contributed by atoms with van der Waals surface area (Å²) in [6.45, 7) is 5.32. The van der Waals surface area contributed by atoms with E-state index in [2.05, 4.69) is 34.7 Å². The molecule has 0 N–H and O–H groups in total. The second-order valence-corrected chi connectivity index (χ2v) is 7.67. The number of rotatable bonds is 10. The summed E-state index contributed by atoms with van der Waals surface area (Å²) in [5.74, 6) is 0.407. The third-order valence-corrected chi connectivity index (χ3v) is 4.69. The third-order valence-electron chi connectivity index (χ3n) is 4.07. The Labute approximate surface area is 165 Å². The molecule has 1 fully saturated rings. The van der Waals surface area contributed by atoms with Crippen molar-refractivity contribution in [2.75, 3.05) is 18.1 Å². The van der Waals surface area contributed by atoms with Gasteiger partial charge in [0.15, 0.2) is 5.79 Å². The van der Waals surface area contributed by atoms with E-state index < -0.39 is 5.79 Å². The lowest BCUT2D eigenvalue weighted by Gasteiger charge is -2.16. The standard InChI is InChI=1S/C20H29IO4/c1-20(2)24-18(19(25-20)12-13-21)7-5-4-6-14-23-15-16-8-10-17(22-3)11-9-16/h4-5,8-11,18-19H,6-7,12-15H2,1-3H3/t18?,19-/m0/s1. The summed E-state index contributed by atoms with van der Waals surface area (Å²) in [7, 11) is 1.67. The van der Waals surface area contributed by atoms with Gasteiger partial charge in [-0.1, -0.05) is 46.9 Å². The normalized spacial score (nSPS) is 22.6. The van der Waals surface area contributed by atoms with Gasteiger partial charge in [0.1, 0.15) is 5.75 Å². The Balaban J connectivity index is 1.62. The van der Waals surface area contributed by atoms with Crippen LogP contribution in [0.5, 0.6) is 5.75 Å². The van der Waals surface area contributed by atoms with Crippen molar-refractivity contribution in [2.45, 2.75) is 57.7 Å². The fourth-order valence-corrected chi connectivity index (χ4v) is 3.49. The van der Waals surface area contributed by atoms with Crippen molar-refractivity contribution in [2.24, 2.45) is 0 Å². The van der Waals surface area contributed by atoms with Crippen molar-refractivity contribution < 1.29 is 18.9 Å². The Bertz CT molecular complexity index is 527. The molecule has 0 aromatic heterocycles. The second-order valence-electron chi connectivity index (χ2n) is 6.59. The molecule has 0 aliphatic carbocycles. The Morgan fingerprint density at radius 2 is 1.84 bits per heavy atom. The van der Waals surface area contributed by atoms with Gasteiger partial charge in [-0.15, -0.1) is 0 Å². The van der Waals surface area contributed by atoms with Crippen LogP contribution in [-0.4, -0.2) is 36.1 Å². The van der Waals surface area contributed by atoms with Crippen molar-refractivity contribution >= 4 is 22.6 Å². The smallest absolute Gasteiger partial charge is 0.163 e. The molecule has 0 saturated carbocycles. The van der Waals surface area contributed by atoms with Crippen molar-refractivity contribution in [1.82, 2.24) is 0 Å². The molecular formula is C20H29IO4. The van der Waals surface area contributed by atoms with E-state index in [0.717, 1.165) is 35.0 Å². The maximum atomic E-state index is 6.00. The first-order valence-corrected chi connectivity index (χ1v) is 10.3. The molecular weight excluding hydrogens is 431 g/mol. The molecule has 1 unspecified atom stereocenters. The molecule has 0 amide bonds. The molecule has 0 bridgehead atoms. The van der Waals surface area contributed by atoms with Crippen LogP contribution in [0.15, 0.2) is 36.4 Å². The minimum Gasteiger partial charge on any atom is -0.497 e. The minimum atomic E-state index is -0.462. The van der Waals surface area contributed by atoms with Crippen LogP contribution in [0.4, 0.5) is 0 Å². The Kier molecular flexibility index (Phi) is 8.69. The lowest BCUT2D eigenvalue weighted by Crippen LogP contribution is -2.22. The van der Waals surface area contributed by atoms with E-state index in [1.807, 2.05) is 38.1 Å². The summed E-state index contributed by atoms with van der Waals surface area (Å²) in [5.41, 5.74) is 1.16. The first-order chi connectivity index (χ1) is 12.0. The Morgan fingerprint density at radius 3 is 2.52 bits per heavy atom. The van der Waals surface area contributed by atoms with Gasteiger partial charge in [0.2, 0.25) is 0 Å². The summed E-state index contributed by atoms with van der Waals surface area (Å²) in [6.07, 6.45) is 7.54. The number of methoxy groups -OCH3 is 1. The zero-order valence-electron chi connectivity index (χ0n) is 15.4. The number of halogens is 1. The van der Waals surface area contributed by atoms with Gasteiger partial charge >= 0.3 is 0 Å². The van der Waals surface area contributed by atoms with Crippen LogP contribution < -0.4 is 4.74 Å². The summed E-state index contributed by atoms with van der Waals surface area (Å²) >= 11 is 2.39. The highest BCUT2D eigenvalue weighted by Gasteiger charge is 2.39. The molecule has 0 spiro atoms. The van der Waals surface area contributed by atoms with E-state index in [1.165, 1.54) is 0 Å². The van der Waals surface area contributed by atoms with Crippen molar-refractivity contribution in [3.8, 4) is 5.75 Å². The highest BCUT2D eigenvalue weighted by atomic mass is 127. The van der Waals surface area contributed by atoms with Gasteiger partial charge in [0.25, 0.3) is 0 Å². The maximum Gasteiger partial charge on any atom is 0.163 e. The van der Waals surface area contributed by atoms with E-state index in [1.54, 1.807) is 7.11 Å². The summed E-state index contributed by atoms with van der Waals surface area (Å²) in [4.78, 5) is 0. The van der Waals surface area contributed by atoms with Gasteiger partial charge in [-0.3, -0.25) is 0 Å². The fraction of sp³-hybridized carbons (Fsp3) is 0.600. The molecule has 1 aromatic carbocycles. The third kappa shape index (κ3) is 7.25. The lowest BCUT2D eigenvalue weighted by atomic mass is 10.1. The van der Waals surface area contributed by atoms with Gasteiger partial charge in [-0.25, -0.2) is 0 Å². The van der Waals surface area contributed by atoms with Crippen LogP contribution in [0.2, 0.25) is 0 Å². The molecule has 1 saturated heterocycles. The quantitative estimate of drug-likeness (QED) is 0.216. The van der Waals surface area contributed by atoms with Crippen LogP contribution in [0.1, 0.15) is 38.7 Å². The fourth-order valence-electron chi connectivity index (χ4n) is 2.87. The monoisotopic (exact) mass is 460 g/mol. The summed E-state index contributed by atoms with van der Waals surface area (Å²) in [6, 6.07) is 7.97. The van der Waals surface area contributed by atoms with Crippen molar-refractivity contribution in [3.63, 3.8) is 0 Å². The highest BCUT2D eigenvalue weighted by molar-refractivity contribution is 14.1. The molecule has 2 rings (SSSR count). The maximum absolute atomic E-state index is 6.00. The van der Waals surface area contributed by atoms with Gasteiger partial charge in [0.05, 0.1) is 32.5 Å². The molecule has 1 aliphatic heterocycles. The van der Waals surface area contributed by atoms with Crippen LogP contribution in [0, 0.1) is 0 Å². The summed E-state index contributed by atoms with van der Waals surface area (Å²) < 4.78 is 23.9. The van der Waals surface area contributed by atoms with E-state index in [4.69, 9.17) is 18.9 Å². The molecule has 140 valence electrons. The molecule has 1 aliphatic rings. The minimum absolute atomic E-state index is 0.154. The molecule has 1 heterocycles. The lowest BCUT2D eigenvalue weighted by molar-refractivity contribution is -0.146. The number of hydrogen-bond acceptors (Lipinski definition) is 4. The molecule has 4 nitrogen and oxygen atoms in total. The topological polar surface area (TPSA) is 36.9 Å². The van der Waals surface area contributed by atoms with E-state index in [0.29, 0.717) is 13.2 Å². The van der Waals surface area contributed by atoms with Gasteiger partial charge in [0, 0.05) is 4.43 Å². The van der Waals surface area contributed by atoms with Gasteiger partial charge in [-0.05, 0) is 50.8 Å². The molecule has 1 aromatic rings. The zero-order valence-corrected chi connectivity index (χ0v) is 17.5. The highest BCUT2D eigenvalue weighted by Crippen LogP contribution is 2.32. The SMILES string of the molecule is COc1ccc(COCCC=CCC2OC(C)(C)O[C@H]2CCI)cc1. The molecule has 5 heteroatoms. The number of ether oxygens (including phenoxy) is 4. The second kappa shape index (κ2) is 10.5. The summed E-state index contributed by atoms with van der Waals surface area (Å²) in [5, 5.41) is 0. The average molecular weight is 460 g/mol. The Hall–Kier alpha value is -0.630. The largest absolute Gasteiger partial charge is 0.497 e. The number of hydrogen-bond donors (Lipinski definition) is 0. The first-order valence-electron chi connectivity index (χ1n) is 8.81. The van der Waals surface area contributed by atoms with Crippen LogP contribution in [0.25, 0.3) is 0 Å². The van der Waals surface area contributed by atoms with Crippen molar-refractivity contribution in [1.29, 1.82) is 0 Å². The van der Waals surface area contributed by atoms with Crippen LogP contribution in [-0.2, 0) is 20.8 Å². The average Bonchev–Trinajstić information content (AvgIpc) is 2.88. The van der Waals surface area contributed by atoms with Gasteiger partial charge in [-0.2, -0.15) is 0 Å². The zero-order chi connectivity index (χ0) is 18.1. The Morgan fingerprint density at radius 1 is 1.12 bits per heavy atom. The van der Waals surface area contributed by atoms with E-state index >= 15 is 0 Å². The van der Waals surface area contributed by atoms with Crippen molar-refractivity contribution in [3.05, 3.63) is 42.0 Å². The number of benzene rings is 1. The predicted molar refractivity (Wildman–Crippen MR) is 108 cm³/mol.